The SMILES string of the molecule is CC(C)(C)C([C@@H]1C[C@@H](n2ccc3c(N[C@H]4CCc5ccccc54)ncnc32)C[C@@H]1O[Si](C)(C)C(C)(C)C)N(C(=O)O)S(N)(=O)=O. The lowest BCUT2D eigenvalue weighted by Gasteiger charge is -2.45. The van der Waals surface area contributed by atoms with Crippen molar-refractivity contribution in [3.05, 3.63) is 54.0 Å². The van der Waals surface area contributed by atoms with Crippen molar-refractivity contribution in [1.82, 2.24) is 18.8 Å². The van der Waals surface area contributed by atoms with Crippen LogP contribution in [0.1, 0.15) is 84.0 Å². The van der Waals surface area contributed by atoms with Crippen LogP contribution in [0.5, 0.6) is 0 Å². The molecule has 2 aromatic heterocycles. The first kappa shape index (κ1) is 33.4. The summed E-state index contributed by atoms with van der Waals surface area (Å²) in [5.74, 6) is 0.327. The maximum atomic E-state index is 12.8. The molecule has 13 heteroatoms. The second-order valence-corrected chi connectivity index (χ2v) is 21.4. The largest absolute Gasteiger partial charge is 0.464 e. The van der Waals surface area contributed by atoms with Crippen molar-refractivity contribution in [3.63, 3.8) is 0 Å². The van der Waals surface area contributed by atoms with Crippen molar-refractivity contribution in [3.8, 4) is 0 Å². The number of anilines is 1. The number of nitrogens with one attached hydrogen (secondary N) is 1. The van der Waals surface area contributed by atoms with E-state index in [0.717, 1.165) is 29.7 Å². The Morgan fingerprint density at radius 1 is 1.13 bits per heavy atom. The molecule has 0 aliphatic heterocycles. The number of aromatic nitrogens is 3. The standard InChI is InChI=1S/C32H48N6O5SSi/c1-31(2,3)27(38(30(39)40)44(33,41)42)24-17-21(18-26(24)43-45(7,8)32(4,5)6)37-16-15-23-28(34-19-35-29(23)37)36-25-14-13-20-11-9-10-12-22(20)25/h9-12,15-16,19,21,24-27H,13-14,17-18H2,1-8H3,(H,39,40)(H2,33,41,42)(H,34,35,36)/t21-,24-,25+,26+,27?/m1/s1. The van der Waals surface area contributed by atoms with Gasteiger partial charge in [-0.05, 0) is 66.4 Å². The Labute approximate surface area is 267 Å². The third-order valence-electron chi connectivity index (χ3n) is 10.1. The van der Waals surface area contributed by atoms with Gasteiger partial charge in [-0.15, -0.1) is 0 Å². The fraction of sp³-hybridized carbons (Fsp3) is 0.594. The smallest absolute Gasteiger partial charge is 0.422 e. The van der Waals surface area contributed by atoms with E-state index in [1.807, 2.05) is 33.0 Å². The first-order valence-corrected chi connectivity index (χ1v) is 20.1. The van der Waals surface area contributed by atoms with Crippen molar-refractivity contribution in [2.75, 3.05) is 5.32 Å². The van der Waals surface area contributed by atoms with Gasteiger partial charge >= 0.3 is 16.3 Å². The Hall–Kier alpha value is -3.00. The highest BCUT2D eigenvalue weighted by Crippen LogP contribution is 2.49. The molecule has 3 aromatic rings. The minimum atomic E-state index is -4.57. The number of rotatable bonds is 8. The summed E-state index contributed by atoms with van der Waals surface area (Å²) in [4.78, 5) is 21.8. The Balaban J connectivity index is 1.53. The molecule has 0 saturated heterocycles. The lowest BCUT2D eigenvalue weighted by molar-refractivity contribution is 0.0446. The normalized spacial score (nSPS) is 23.2. The molecule has 2 aliphatic rings. The molecule has 1 amide bonds. The van der Waals surface area contributed by atoms with Crippen LogP contribution in [0.4, 0.5) is 10.6 Å². The van der Waals surface area contributed by atoms with Gasteiger partial charge in [0.2, 0.25) is 0 Å². The van der Waals surface area contributed by atoms with Crippen LogP contribution in [0, 0.1) is 11.3 Å². The maximum absolute atomic E-state index is 12.8. The second kappa shape index (κ2) is 11.7. The molecular formula is C32H48N6O5SSi. The molecular weight excluding hydrogens is 609 g/mol. The average Bonchev–Trinajstić information content (AvgIpc) is 3.62. The molecule has 5 atom stereocenters. The minimum absolute atomic E-state index is 0.105. The number of hydrogen-bond acceptors (Lipinski definition) is 7. The van der Waals surface area contributed by atoms with Crippen LogP contribution in [0.2, 0.25) is 18.1 Å². The van der Waals surface area contributed by atoms with E-state index in [9.17, 15) is 18.3 Å². The van der Waals surface area contributed by atoms with Crippen LogP contribution in [0.15, 0.2) is 42.9 Å². The van der Waals surface area contributed by atoms with Crippen molar-refractivity contribution in [2.45, 2.75) is 110 Å². The van der Waals surface area contributed by atoms with Crippen LogP contribution in [-0.4, -0.2) is 58.9 Å². The van der Waals surface area contributed by atoms with Gasteiger partial charge in [0, 0.05) is 18.2 Å². The molecule has 2 aliphatic carbocycles. The van der Waals surface area contributed by atoms with E-state index in [1.165, 1.54) is 11.1 Å². The zero-order valence-electron chi connectivity index (χ0n) is 27.6. The summed E-state index contributed by atoms with van der Waals surface area (Å²) in [5.41, 5.74) is 2.66. The Morgan fingerprint density at radius 2 is 1.82 bits per heavy atom. The zero-order chi connectivity index (χ0) is 33.1. The van der Waals surface area contributed by atoms with Gasteiger partial charge in [0.25, 0.3) is 0 Å². The molecule has 0 spiro atoms. The highest BCUT2D eigenvalue weighted by Gasteiger charge is 2.53. The molecule has 45 heavy (non-hydrogen) atoms. The quantitative estimate of drug-likeness (QED) is 0.233. The molecule has 0 radical (unpaired) electrons. The van der Waals surface area contributed by atoms with Gasteiger partial charge in [-0.3, -0.25) is 0 Å². The summed E-state index contributed by atoms with van der Waals surface area (Å²) in [7, 11) is -6.91. The number of aryl methyl sites for hydroxylation is 1. The van der Waals surface area contributed by atoms with Crippen LogP contribution in [0.25, 0.3) is 11.0 Å². The summed E-state index contributed by atoms with van der Waals surface area (Å²) in [6, 6.07) is 9.60. The molecule has 5 rings (SSSR count). The van der Waals surface area contributed by atoms with Gasteiger partial charge in [-0.2, -0.15) is 12.7 Å². The van der Waals surface area contributed by atoms with Gasteiger partial charge < -0.3 is 19.4 Å². The van der Waals surface area contributed by atoms with E-state index in [2.05, 4.69) is 78.0 Å². The molecule has 0 bridgehead atoms. The lowest BCUT2D eigenvalue weighted by Crippen LogP contribution is -2.58. The first-order chi connectivity index (χ1) is 20.8. The van der Waals surface area contributed by atoms with E-state index < -0.39 is 48.1 Å². The number of carboxylic acid groups (broad SMARTS) is 1. The number of nitrogens with two attached hydrogens (primary N) is 1. The predicted octanol–water partition coefficient (Wildman–Crippen LogP) is 6.47. The highest BCUT2D eigenvalue weighted by molar-refractivity contribution is 7.87. The molecule has 1 aromatic carbocycles. The third kappa shape index (κ3) is 6.49. The van der Waals surface area contributed by atoms with Crippen molar-refractivity contribution < 1.29 is 22.7 Å². The molecule has 2 heterocycles. The summed E-state index contributed by atoms with van der Waals surface area (Å²) in [6.45, 7) is 16.4. The molecule has 4 N–H and O–H groups in total. The Kier molecular flexibility index (Phi) is 8.65. The zero-order valence-corrected chi connectivity index (χ0v) is 29.4. The summed E-state index contributed by atoms with van der Waals surface area (Å²) < 4.78 is 35.1. The van der Waals surface area contributed by atoms with Crippen LogP contribution in [-0.2, 0) is 21.1 Å². The van der Waals surface area contributed by atoms with Gasteiger partial charge in [0.05, 0.1) is 23.6 Å². The predicted molar refractivity (Wildman–Crippen MR) is 179 cm³/mol. The molecule has 11 nitrogen and oxygen atoms in total. The Morgan fingerprint density at radius 3 is 2.44 bits per heavy atom. The Bertz CT molecular complexity index is 1680. The van der Waals surface area contributed by atoms with Gasteiger partial charge in [-0.1, -0.05) is 65.8 Å². The highest BCUT2D eigenvalue weighted by atomic mass is 32.2. The second-order valence-electron chi connectivity index (χ2n) is 15.3. The van der Waals surface area contributed by atoms with Gasteiger partial charge in [0.15, 0.2) is 8.32 Å². The van der Waals surface area contributed by atoms with Gasteiger partial charge in [0.1, 0.15) is 17.8 Å². The number of benzene rings is 1. The molecule has 1 fully saturated rings. The van der Waals surface area contributed by atoms with Crippen LogP contribution < -0.4 is 10.5 Å². The number of nitrogens with zero attached hydrogens (tertiary/aromatic N) is 4. The monoisotopic (exact) mass is 656 g/mol. The molecule has 246 valence electrons. The van der Waals surface area contributed by atoms with E-state index >= 15 is 0 Å². The summed E-state index contributed by atoms with van der Waals surface area (Å²) in [5, 5.41) is 20.2. The summed E-state index contributed by atoms with van der Waals surface area (Å²) in [6.07, 6.45) is 4.67. The summed E-state index contributed by atoms with van der Waals surface area (Å²) >= 11 is 0. The third-order valence-corrected chi connectivity index (χ3v) is 15.6. The fourth-order valence-corrected chi connectivity index (χ4v) is 9.45. The average molecular weight is 657 g/mol. The number of fused-ring (bicyclic) bond motifs is 2. The fourth-order valence-electron chi connectivity index (χ4n) is 7.06. The number of hydrogen-bond donors (Lipinski definition) is 3. The minimum Gasteiger partial charge on any atom is -0.464 e. The van der Waals surface area contributed by atoms with Crippen LogP contribution in [0.3, 0.4) is 0 Å². The topological polar surface area (TPSA) is 153 Å². The van der Waals surface area contributed by atoms with Crippen LogP contribution >= 0.6 is 0 Å². The van der Waals surface area contributed by atoms with E-state index in [0.29, 0.717) is 17.1 Å². The maximum Gasteiger partial charge on any atom is 0.422 e. The number of carbonyl (C=O) groups is 1. The molecule has 1 saturated carbocycles. The van der Waals surface area contributed by atoms with E-state index in [-0.39, 0.29) is 17.1 Å². The van der Waals surface area contributed by atoms with E-state index in [4.69, 9.17) is 9.56 Å². The molecule has 1 unspecified atom stereocenters. The first-order valence-electron chi connectivity index (χ1n) is 15.7. The van der Waals surface area contributed by atoms with Crippen molar-refractivity contribution >= 4 is 41.5 Å². The number of amides is 1. The van der Waals surface area contributed by atoms with E-state index in [1.54, 1.807) is 6.33 Å². The van der Waals surface area contributed by atoms with Crippen molar-refractivity contribution in [2.24, 2.45) is 16.5 Å². The van der Waals surface area contributed by atoms with Crippen molar-refractivity contribution in [1.29, 1.82) is 0 Å². The lowest BCUT2D eigenvalue weighted by atomic mass is 9.77. The van der Waals surface area contributed by atoms with Gasteiger partial charge in [-0.25, -0.2) is 19.9 Å².